The number of hydrogen-bond donors (Lipinski definition) is 1. The van der Waals surface area contributed by atoms with Crippen molar-refractivity contribution in [1.82, 2.24) is 14.7 Å². The first-order chi connectivity index (χ1) is 16.3. The van der Waals surface area contributed by atoms with Crippen LogP contribution in [0.2, 0.25) is 0 Å². The maximum absolute atomic E-state index is 9.20. The van der Waals surface area contributed by atoms with E-state index in [0.717, 1.165) is 85.4 Å². The smallest absolute Gasteiger partial charge is 0.226 e. The Morgan fingerprint density at radius 3 is 2.50 bits per heavy atom. The van der Waals surface area contributed by atoms with E-state index in [4.69, 9.17) is 9.98 Å². The van der Waals surface area contributed by atoms with E-state index in [-0.39, 0.29) is 5.92 Å². The van der Waals surface area contributed by atoms with Crippen molar-refractivity contribution in [2.75, 3.05) is 46.3 Å². The van der Waals surface area contributed by atoms with Crippen molar-refractivity contribution in [1.29, 1.82) is 5.41 Å². The van der Waals surface area contributed by atoms with Gasteiger partial charge in [0.15, 0.2) is 0 Å². The van der Waals surface area contributed by atoms with Gasteiger partial charge in [-0.25, -0.2) is 9.98 Å². The molecule has 0 spiro atoms. The van der Waals surface area contributed by atoms with Gasteiger partial charge in [-0.15, -0.1) is 0 Å². The van der Waals surface area contributed by atoms with Crippen LogP contribution in [0, 0.1) is 11.3 Å². The number of likely N-dealkylation sites (N-methyl/N-ethyl adjacent to an activating group) is 1. The zero-order valence-corrected chi connectivity index (χ0v) is 21.4. The van der Waals surface area contributed by atoms with Crippen LogP contribution in [0.15, 0.2) is 80.6 Å². The van der Waals surface area contributed by atoms with Gasteiger partial charge in [0.05, 0.1) is 17.1 Å². The molecule has 0 bridgehead atoms. The van der Waals surface area contributed by atoms with Gasteiger partial charge < -0.3 is 14.7 Å². The third kappa shape index (κ3) is 4.51. The predicted molar refractivity (Wildman–Crippen MR) is 144 cm³/mol. The van der Waals surface area contributed by atoms with Gasteiger partial charge in [-0.3, -0.25) is 5.41 Å². The minimum atomic E-state index is 0.0991. The van der Waals surface area contributed by atoms with E-state index in [1.165, 1.54) is 5.70 Å². The van der Waals surface area contributed by atoms with Gasteiger partial charge in [0.25, 0.3) is 0 Å². The summed E-state index contributed by atoms with van der Waals surface area (Å²) in [5, 5.41) is 9.20. The van der Waals surface area contributed by atoms with Crippen LogP contribution in [0.25, 0.3) is 0 Å². The largest absolute Gasteiger partial charge is 0.372 e. The summed E-state index contributed by atoms with van der Waals surface area (Å²) < 4.78 is 0. The van der Waals surface area contributed by atoms with Crippen molar-refractivity contribution in [3.05, 3.63) is 70.6 Å². The first-order valence-corrected chi connectivity index (χ1v) is 12.5. The molecule has 1 saturated heterocycles. The van der Waals surface area contributed by atoms with Gasteiger partial charge in [-0.1, -0.05) is 36.5 Å². The highest BCUT2D eigenvalue weighted by Gasteiger charge is 2.39. The number of rotatable bonds is 6. The van der Waals surface area contributed by atoms with Crippen LogP contribution < -0.4 is 0 Å². The van der Waals surface area contributed by atoms with Crippen LogP contribution in [0.3, 0.4) is 0 Å². The van der Waals surface area contributed by atoms with E-state index < -0.39 is 0 Å². The van der Waals surface area contributed by atoms with Gasteiger partial charge in [0.1, 0.15) is 0 Å². The maximum Gasteiger partial charge on any atom is 0.226 e. The summed E-state index contributed by atoms with van der Waals surface area (Å²) in [7, 11) is 2.17. The number of nitrogens with one attached hydrogen (secondary N) is 1. The van der Waals surface area contributed by atoms with Crippen LogP contribution in [-0.2, 0) is 0 Å². The summed E-state index contributed by atoms with van der Waals surface area (Å²) in [5.74, 6) is 0.864. The molecule has 1 atom stereocenters. The second kappa shape index (κ2) is 10.1. The Hall–Kier alpha value is -2.99. The van der Waals surface area contributed by atoms with Gasteiger partial charge in [-0.05, 0) is 58.4 Å². The summed E-state index contributed by atoms with van der Waals surface area (Å²) in [6.45, 7) is 18.7. The molecule has 2 heterocycles. The second-order valence-electron chi connectivity index (χ2n) is 9.48. The lowest BCUT2D eigenvalue weighted by atomic mass is 9.73. The Balaban J connectivity index is 1.80. The molecule has 0 radical (unpaired) electrons. The molecule has 0 saturated carbocycles. The Labute approximate surface area is 204 Å². The Kier molecular flexibility index (Phi) is 7.17. The lowest BCUT2D eigenvalue weighted by Gasteiger charge is -2.34. The number of fused-ring (bicyclic) bond motifs is 3. The van der Waals surface area contributed by atoms with Crippen LogP contribution in [0.4, 0.5) is 0 Å². The molecular weight excluding hydrogens is 420 g/mol. The average molecular weight is 459 g/mol. The van der Waals surface area contributed by atoms with Crippen molar-refractivity contribution in [2.24, 2.45) is 15.9 Å². The molecule has 0 amide bonds. The minimum absolute atomic E-state index is 0.0991. The van der Waals surface area contributed by atoms with Gasteiger partial charge >= 0.3 is 0 Å². The number of aliphatic imine (C=N–C) groups is 2. The van der Waals surface area contributed by atoms with Gasteiger partial charge in [0.2, 0.25) is 5.96 Å². The molecule has 0 aromatic rings. The molecule has 1 fully saturated rings. The molecule has 180 valence electrons. The van der Waals surface area contributed by atoms with E-state index in [1.807, 2.05) is 6.92 Å². The highest BCUT2D eigenvalue weighted by Crippen LogP contribution is 2.41. The highest BCUT2D eigenvalue weighted by molar-refractivity contribution is 6.29. The topological polar surface area (TPSA) is 58.3 Å². The average Bonchev–Trinajstić information content (AvgIpc) is 3.27. The first kappa shape index (κ1) is 24.1. The SMILES string of the molecule is C=C(C)/C(=C\C=C(/C)N1CCN(C)CC1)C1=C2N=C(N(CC)CC)N=C2C2CC=CC=C2C1=N. The Bertz CT molecular complexity index is 1080. The lowest BCUT2D eigenvalue weighted by molar-refractivity contribution is 0.186. The predicted octanol–water partition coefficient (Wildman–Crippen LogP) is 4.58. The quantitative estimate of drug-likeness (QED) is 0.593. The number of allylic oxidation sites excluding steroid dienone is 11. The van der Waals surface area contributed by atoms with E-state index >= 15 is 0 Å². The zero-order chi connectivity index (χ0) is 24.4. The number of nitrogens with zero attached hydrogens (tertiary/aromatic N) is 5. The maximum atomic E-state index is 9.20. The normalized spacial score (nSPS) is 23.4. The molecule has 4 aliphatic rings. The molecule has 0 aromatic carbocycles. The molecule has 1 N–H and O–H groups in total. The van der Waals surface area contributed by atoms with Crippen molar-refractivity contribution in [3.63, 3.8) is 0 Å². The highest BCUT2D eigenvalue weighted by atomic mass is 15.3. The fourth-order valence-corrected chi connectivity index (χ4v) is 5.00. The standard InChI is InChI=1S/C28H38N6/c1-7-33(8-2)28-30-26-23-12-10-9-11-22(23)25(29)24(27(26)31-28)21(19(3)4)14-13-20(5)34-17-15-32(6)16-18-34/h9-11,13-14,23,29H,3,7-8,12,15-18H2,1-2,4-6H3/b20-13+,21-14+,29-25?. The van der Waals surface area contributed by atoms with Gasteiger partial charge in [-0.2, -0.15) is 0 Å². The monoisotopic (exact) mass is 458 g/mol. The molecule has 2 aliphatic heterocycles. The van der Waals surface area contributed by atoms with Crippen LogP contribution in [-0.4, -0.2) is 78.4 Å². The summed E-state index contributed by atoms with van der Waals surface area (Å²) in [6, 6.07) is 0. The van der Waals surface area contributed by atoms with Crippen molar-refractivity contribution in [2.45, 2.75) is 34.1 Å². The molecule has 34 heavy (non-hydrogen) atoms. The fraction of sp³-hybridized carbons (Fsp3) is 0.464. The molecule has 6 heteroatoms. The Morgan fingerprint density at radius 1 is 1.15 bits per heavy atom. The third-order valence-corrected chi connectivity index (χ3v) is 7.21. The van der Waals surface area contributed by atoms with Crippen molar-refractivity contribution < 1.29 is 0 Å². The molecular formula is C28H38N6. The summed E-state index contributed by atoms with van der Waals surface area (Å²) in [6.07, 6.45) is 11.5. The molecule has 2 aliphatic carbocycles. The summed E-state index contributed by atoms with van der Waals surface area (Å²) >= 11 is 0. The van der Waals surface area contributed by atoms with E-state index in [9.17, 15) is 5.41 Å². The van der Waals surface area contributed by atoms with Gasteiger partial charge in [0, 0.05) is 56.5 Å². The van der Waals surface area contributed by atoms with Crippen LogP contribution in [0.5, 0.6) is 0 Å². The van der Waals surface area contributed by atoms with Crippen molar-refractivity contribution >= 4 is 17.4 Å². The molecule has 6 nitrogen and oxygen atoms in total. The zero-order valence-electron chi connectivity index (χ0n) is 21.4. The summed E-state index contributed by atoms with van der Waals surface area (Å²) in [4.78, 5) is 17.0. The van der Waals surface area contributed by atoms with E-state index in [1.54, 1.807) is 0 Å². The fourth-order valence-electron chi connectivity index (χ4n) is 5.00. The summed E-state index contributed by atoms with van der Waals surface area (Å²) in [5.41, 5.74) is 7.43. The lowest BCUT2D eigenvalue weighted by Crippen LogP contribution is -2.43. The van der Waals surface area contributed by atoms with E-state index in [2.05, 4.69) is 79.5 Å². The Morgan fingerprint density at radius 2 is 1.85 bits per heavy atom. The molecule has 4 rings (SSSR count). The number of guanidine groups is 1. The van der Waals surface area contributed by atoms with E-state index in [0.29, 0.717) is 5.71 Å². The number of hydrogen-bond acceptors (Lipinski definition) is 6. The third-order valence-electron chi connectivity index (χ3n) is 7.21. The van der Waals surface area contributed by atoms with Crippen molar-refractivity contribution in [3.8, 4) is 0 Å². The number of piperazine rings is 1. The molecule has 1 unspecified atom stereocenters. The van der Waals surface area contributed by atoms with Crippen LogP contribution >= 0.6 is 0 Å². The first-order valence-electron chi connectivity index (χ1n) is 12.5. The van der Waals surface area contributed by atoms with Crippen LogP contribution in [0.1, 0.15) is 34.1 Å². The second-order valence-corrected chi connectivity index (χ2v) is 9.48. The molecule has 0 aromatic heterocycles. The minimum Gasteiger partial charge on any atom is -0.372 e.